The Balaban J connectivity index is 2.45. The van der Waals surface area contributed by atoms with Crippen molar-refractivity contribution in [2.45, 2.75) is 51.7 Å². The normalized spacial score (nSPS) is 23.9. The molecule has 86 valence electrons. The molecule has 1 rings (SSSR count). The van der Waals surface area contributed by atoms with Crippen molar-refractivity contribution >= 4 is 29.7 Å². The molecule has 0 radical (unpaired) electrons. The topological polar surface area (TPSA) is 18.5 Å². The molecular weight excluding hydrogens is 302 g/mol. The second-order valence-corrected chi connectivity index (χ2v) is 5.96. The van der Waals surface area contributed by atoms with E-state index in [9.17, 15) is 0 Å². The van der Waals surface area contributed by atoms with Crippen LogP contribution in [0.2, 0.25) is 0 Å². The first-order chi connectivity index (χ1) is 6.89. The summed E-state index contributed by atoms with van der Waals surface area (Å²) in [6.07, 6.45) is 4.48. The summed E-state index contributed by atoms with van der Waals surface area (Å²) in [6, 6.07) is 0. The zero-order chi connectivity index (χ0) is 11.5. The molecule has 0 atom stereocenters. The van der Waals surface area contributed by atoms with Gasteiger partial charge >= 0.3 is 7.12 Å². The van der Waals surface area contributed by atoms with E-state index in [1.165, 1.54) is 10.8 Å². The smallest absolute Gasteiger partial charge is 0.400 e. The van der Waals surface area contributed by atoms with Crippen LogP contribution in [0, 0.1) is 0 Å². The van der Waals surface area contributed by atoms with Gasteiger partial charge in [0.2, 0.25) is 0 Å². The zero-order valence-electron chi connectivity index (χ0n) is 10.0. The lowest BCUT2D eigenvalue weighted by Gasteiger charge is -2.32. The number of unbranched alkanes of at least 4 members (excludes halogenated alkanes) is 1. The van der Waals surface area contributed by atoms with E-state index in [0.717, 1.165) is 6.42 Å². The molecule has 4 heteroatoms. The van der Waals surface area contributed by atoms with Crippen LogP contribution in [0.15, 0.2) is 12.1 Å². The fourth-order valence-electron chi connectivity index (χ4n) is 1.37. The second kappa shape index (κ2) is 5.19. The summed E-state index contributed by atoms with van der Waals surface area (Å²) in [5.41, 5.74) is -0.434. The first-order valence-electron chi connectivity index (χ1n) is 5.47. The zero-order valence-corrected chi connectivity index (χ0v) is 12.2. The van der Waals surface area contributed by atoms with Crippen LogP contribution in [0.3, 0.4) is 0 Å². The summed E-state index contributed by atoms with van der Waals surface area (Å²) in [7, 11) is -0.177. The van der Waals surface area contributed by atoms with Gasteiger partial charge in [-0.25, -0.2) is 0 Å². The van der Waals surface area contributed by atoms with Gasteiger partial charge in [-0.3, -0.25) is 0 Å². The molecule has 0 aromatic heterocycles. The molecule has 15 heavy (non-hydrogen) atoms. The van der Waals surface area contributed by atoms with Crippen LogP contribution in [-0.2, 0) is 9.31 Å². The van der Waals surface area contributed by atoms with E-state index in [1.54, 1.807) is 0 Å². The van der Waals surface area contributed by atoms with Gasteiger partial charge in [-0.05, 0) is 45.0 Å². The van der Waals surface area contributed by atoms with Crippen molar-refractivity contribution in [3.8, 4) is 0 Å². The van der Waals surface area contributed by atoms with Crippen LogP contribution in [0.25, 0.3) is 0 Å². The average Bonchev–Trinajstić information content (AvgIpc) is 2.30. The van der Waals surface area contributed by atoms with Crippen LogP contribution in [0.5, 0.6) is 0 Å². The molecule has 1 heterocycles. The van der Waals surface area contributed by atoms with Crippen molar-refractivity contribution in [1.29, 1.82) is 0 Å². The molecule has 0 saturated carbocycles. The summed E-state index contributed by atoms with van der Waals surface area (Å²) in [4.78, 5) is 0. The van der Waals surface area contributed by atoms with E-state index in [-0.39, 0.29) is 18.3 Å². The third-order valence-electron chi connectivity index (χ3n) is 3.07. The van der Waals surface area contributed by atoms with Crippen LogP contribution >= 0.6 is 22.6 Å². The largest absolute Gasteiger partial charge is 0.486 e. The Hall–Kier alpha value is 0.455. The predicted octanol–water partition coefficient (Wildman–Crippen LogP) is 3.39. The van der Waals surface area contributed by atoms with E-state index < -0.39 is 0 Å². The average molecular weight is 322 g/mol. The lowest BCUT2D eigenvalue weighted by Crippen LogP contribution is -2.41. The molecule has 0 amide bonds. The Labute approximate surface area is 107 Å². The summed E-state index contributed by atoms with van der Waals surface area (Å²) < 4.78 is 12.9. The van der Waals surface area contributed by atoms with Crippen LogP contribution in [-0.4, -0.2) is 22.7 Å². The Kier molecular flexibility index (Phi) is 4.68. The Bertz CT molecular complexity index is 223. The van der Waals surface area contributed by atoms with Crippen molar-refractivity contribution in [2.24, 2.45) is 0 Å². The van der Waals surface area contributed by atoms with Gasteiger partial charge in [0, 0.05) is 0 Å². The van der Waals surface area contributed by atoms with E-state index in [2.05, 4.69) is 56.4 Å². The molecule has 0 aromatic carbocycles. The molecule has 1 aliphatic heterocycles. The third kappa shape index (κ3) is 3.46. The second-order valence-electron chi connectivity index (χ2n) is 4.88. The molecule has 1 saturated heterocycles. The van der Waals surface area contributed by atoms with Crippen molar-refractivity contribution < 1.29 is 9.31 Å². The molecule has 0 aromatic rings. The minimum Gasteiger partial charge on any atom is -0.400 e. The number of hydrogen-bond donors (Lipinski definition) is 0. The van der Waals surface area contributed by atoms with Crippen molar-refractivity contribution in [3.05, 3.63) is 12.1 Å². The molecule has 2 nitrogen and oxygen atoms in total. The summed E-state index contributed by atoms with van der Waals surface area (Å²) in [5.74, 6) is 2.03. The molecule has 0 bridgehead atoms. The maximum atomic E-state index is 5.83. The highest BCUT2D eigenvalue weighted by atomic mass is 127. The van der Waals surface area contributed by atoms with Gasteiger partial charge in [-0.15, -0.1) is 0 Å². The van der Waals surface area contributed by atoms with Gasteiger partial charge in [0.15, 0.2) is 0 Å². The highest BCUT2D eigenvalue weighted by Gasteiger charge is 2.49. The number of alkyl halides is 1. The number of hydrogen-bond acceptors (Lipinski definition) is 2. The highest BCUT2D eigenvalue weighted by Crippen LogP contribution is 2.36. The summed E-state index contributed by atoms with van der Waals surface area (Å²) in [5, 5.41) is 0. The quantitative estimate of drug-likeness (QED) is 0.342. The first-order valence-corrected chi connectivity index (χ1v) is 7.00. The molecule has 1 aliphatic rings. The van der Waals surface area contributed by atoms with Crippen LogP contribution in [0.1, 0.15) is 40.5 Å². The lowest BCUT2D eigenvalue weighted by molar-refractivity contribution is 0.00578. The molecule has 0 aliphatic carbocycles. The maximum Gasteiger partial charge on any atom is 0.486 e. The van der Waals surface area contributed by atoms with Gasteiger partial charge < -0.3 is 9.31 Å². The monoisotopic (exact) mass is 322 g/mol. The van der Waals surface area contributed by atoms with Gasteiger partial charge in [0.1, 0.15) is 0 Å². The molecule has 0 N–H and O–H groups in total. The van der Waals surface area contributed by atoms with Crippen molar-refractivity contribution in [1.82, 2.24) is 0 Å². The Morgan fingerprint density at radius 2 is 1.67 bits per heavy atom. The standard InChI is InChI=1S/C11H20BIO2/c1-10(2)11(3,4)15-12(14-10)8-6-5-7-9-13/h6,8H,5,7,9H2,1-4H3/b8-6+. The first kappa shape index (κ1) is 13.5. The molecule has 1 fully saturated rings. The predicted molar refractivity (Wildman–Crippen MR) is 73.3 cm³/mol. The van der Waals surface area contributed by atoms with E-state index in [1.807, 2.05) is 5.98 Å². The minimum atomic E-state index is -0.217. The maximum absolute atomic E-state index is 5.83. The summed E-state index contributed by atoms with van der Waals surface area (Å²) in [6.45, 7) is 8.30. The van der Waals surface area contributed by atoms with Crippen LogP contribution in [0.4, 0.5) is 0 Å². The van der Waals surface area contributed by atoms with Crippen molar-refractivity contribution in [2.75, 3.05) is 4.43 Å². The molecule has 0 unspecified atom stereocenters. The van der Waals surface area contributed by atoms with E-state index >= 15 is 0 Å². The van der Waals surface area contributed by atoms with E-state index in [0.29, 0.717) is 0 Å². The third-order valence-corrected chi connectivity index (χ3v) is 3.83. The van der Waals surface area contributed by atoms with Gasteiger partial charge in [0.05, 0.1) is 11.2 Å². The van der Waals surface area contributed by atoms with Gasteiger partial charge in [0.25, 0.3) is 0 Å². The number of rotatable bonds is 4. The fourth-order valence-corrected chi connectivity index (χ4v) is 1.81. The van der Waals surface area contributed by atoms with Crippen LogP contribution < -0.4 is 0 Å². The summed E-state index contributed by atoms with van der Waals surface area (Å²) >= 11 is 2.39. The fraction of sp³-hybridized carbons (Fsp3) is 0.818. The SMILES string of the molecule is CC1(C)OB(/C=C/CCCI)OC1(C)C. The van der Waals surface area contributed by atoms with Gasteiger partial charge in [-0.1, -0.05) is 34.6 Å². The Morgan fingerprint density at radius 1 is 1.13 bits per heavy atom. The minimum absolute atomic E-state index is 0.177. The molecule has 0 spiro atoms. The number of allylic oxidation sites excluding steroid dienone is 1. The highest BCUT2D eigenvalue weighted by molar-refractivity contribution is 14.1. The lowest BCUT2D eigenvalue weighted by atomic mass is 9.89. The Morgan fingerprint density at radius 3 is 2.13 bits per heavy atom. The van der Waals surface area contributed by atoms with Crippen molar-refractivity contribution in [3.63, 3.8) is 0 Å². The van der Waals surface area contributed by atoms with Gasteiger partial charge in [-0.2, -0.15) is 0 Å². The molecular formula is C11H20BIO2. The van der Waals surface area contributed by atoms with E-state index in [4.69, 9.17) is 9.31 Å². The number of halogens is 1.